The molecule has 0 saturated heterocycles. The molecule has 0 unspecified atom stereocenters. The van der Waals surface area contributed by atoms with Gasteiger partial charge in [-0.1, -0.05) is 49.6 Å². The lowest BCUT2D eigenvalue weighted by Crippen LogP contribution is -2.44. The van der Waals surface area contributed by atoms with E-state index in [0.29, 0.717) is 12.2 Å². The van der Waals surface area contributed by atoms with E-state index in [9.17, 15) is 9.00 Å². The van der Waals surface area contributed by atoms with Crippen LogP contribution in [-0.2, 0) is 22.0 Å². The fraction of sp³-hybridized carbons (Fsp3) is 0.650. The van der Waals surface area contributed by atoms with Crippen LogP contribution >= 0.6 is 0 Å². The molecule has 140 valence electrons. The van der Waals surface area contributed by atoms with Gasteiger partial charge in [0.05, 0.1) is 0 Å². The van der Waals surface area contributed by atoms with Crippen LogP contribution < -0.4 is 5.32 Å². The van der Waals surface area contributed by atoms with Crippen LogP contribution in [0.5, 0.6) is 0 Å². The van der Waals surface area contributed by atoms with Gasteiger partial charge in [-0.2, -0.15) is 0 Å². The quantitative estimate of drug-likeness (QED) is 0.822. The lowest BCUT2D eigenvalue weighted by molar-refractivity contribution is 0.0509. The van der Waals surface area contributed by atoms with Crippen LogP contribution in [0.3, 0.4) is 0 Å². The molecule has 0 aliphatic heterocycles. The number of alkyl carbamates (subject to hydrolysis) is 1. The topological polar surface area (TPSA) is 55.4 Å². The Hall–Kier alpha value is -1.36. The third kappa shape index (κ3) is 7.59. The van der Waals surface area contributed by atoms with Gasteiger partial charge in [-0.15, -0.1) is 0 Å². The molecule has 0 radical (unpaired) electrons. The molecule has 0 spiro atoms. The van der Waals surface area contributed by atoms with Gasteiger partial charge in [0.2, 0.25) is 0 Å². The molecule has 1 fully saturated rings. The third-order valence-corrected chi connectivity index (χ3v) is 6.28. The second-order valence-electron chi connectivity index (χ2n) is 7.84. The van der Waals surface area contributed by atoms with Gasteiger partial charge in [0.15, 0.2) is 0 Å². The Labute approximate surface area is 154 Å². The number of hydrogen-bond acceptors (Lipinski definition) is 3. The van der Waals surface area contributed by atoms with Crippen molar-refractivity contribution in [2.24, 2.45) is 0 Å². The SMILES string of the molecule is CC(C)(C)OC(=O)N[C@@H](Cc1ccccc1)C[S@@](=O)C1CCCCC1. The lowest BCUT2D eigenvalue weighted by Gasteiger charge is -2.26. The zero-order chi connectivity index (χ0) is 18.3. The van der Waals surface area contributed by atoms with Crippen molar-refractivity contribution in [2.75, 3.05) is 5.75 Å². The summed E-state index contributed by atoms with van der Waals surface area (Å²) in [6.07, 6.45) is 5.89. The molecule has 1 aliphatic carbocycles. The number of nitrogens with one attached hydrogen (secondary N) is 1. The van der Waals surface area contributed by atoms with Crippen LogP contribution in [0.4, 0.5) is 4.79 Å². The minimum Gasteiger partial charge on any atom is -0.444 e. The summed E-state index contributed by atoms with van der Waals surface area (Å²) in [5, 5.41) is 3.21. The van der Waals surface area contributed by atoms with E-state index in [-0.39, 0.29) is 11.3 Å². The molecular weight excluding hydrogens is 334 g/mol. The normalized spacial score (nSPS) is 18.4. The number of benzene rings is 1. The predicted molar refractivity (Wildman–Crippen MR) is 103 cm³/mol. The molecular formula is C20H31NO3S. The largest absolute Gasteiger partial charge is 0.444 e. The first-order valence-electron chi connectivity index (χ1n) is 9.24. The Morgan fingerprint density at radius 1 is 1.20 bits per heavy atom. The highest BCUT2D eigenvalue weighted by Crippen LogP contribution is 2.23. The van der Waals surface area contributed by atoms with E-state index in [0.717, 1.165) is 18.4 Å². The van der Waals surface area contributed by atoms with Crippen molar-refractivity contribution in [1.29, 1.82) is 0 Å². The summed E-state index contributed by atoms with van der Waals surface area (Å²) in [7, 11) is -0.920. The van der Waals surface area contributed by atoms with E-state index in [1.807, 2.05) is 51.1 Å². The van der Waals surface area contributed by atoms with Crippen LogP contribution in [0.25, 0.3) is 0 Å². The molecule has 1 N–H and O–H groups in total. The highest BCUT2D eigenvalue weighted by molar-refractivity contribution is 7.85. The molecule has 0 aromatic heterocycles. The first-order chi connectivity index (χ1) is 11.8. The number of amides is 1. The summed E-state index contributed by atoms with van der Waals surface area (Å²) < 4.78 is 18.2. The maximum Gasteiger partial charge on any atom is 0.407 e. The van der Waals surface area contributed by atoms with E-state index >= 15 is 0 Å². The summed E-state index contributed by atoms with van der Waals surface area (Å²) in [6.45, 7) is 5.54. The highest BCUT2D eigenvalue weighted by Gasteiger charge is 2.25. The van der Waals surface area contributed by atoms with Gasteiger partial charge in [0.1, 0.15) is 5.60 Å². The molecule has 2 rings (SSSR count). The van der Waals surface area contributed by atoms with Gasteiger partial charge in [-0.3, -0.25) is 4.21 Å². The van der Waals surface area contributed by atoms with Crippen LogP contribution in [0, 0.1) is 0 Å². The van der Waals surface area contributed by atoms with Crippen molar-refractivity contribution in [2.45, 2.75) is 76.2 Å². The van der Waals surface area contributed by atoms with E-state index in [1.165, 1.54) is 19.3 Å². The molecule has 1 aromatic carbocycles. The number of carbonyl (C=O) groups is 1. The standard InChI is InChI=1S/C20H31NO3S/c1-20(2,3)24-19(22)21-17(14-16-10-6-4-7-11-16)15-25(23)18-12-8-5-9-13-18/h4,6-7,10-11,17-18H,5,8-9,12-15H2,1-3H3,(H,21,22)/t17-,25+/m0/s1. The summed E-state index contributed by atoms with van der Waals surface area (Å²) in [6, 6.07) is 9.83. The van der Waals surface area contributed by atoms with Gasteiger partial charge in [0, 0.05) is 27.8 Å². The smallest absolute Gasteiger partial charge is 0.407 e. The van der Waals surface area contributed by atoms with E-state index in [4.69, 9.17) is 4.74 Å². The van der Waals surface area contributed by atoms with Crippen LogP contribution in [0.2, 0.25) is 0 Å². The molecule has 25 heavy (non-hydrogen) atoms. The summed E-state index contributed by atoms with van der Waals surface area (Å²) in [5.74, 6) is 0.485. The van der Waals surface area contributed by atoms with Gasteiger partial charge in [-0.05, 0) is 45.6 Å². The zero-order valence-electron chi connectivity index (χ0n) is 15.6. The average Bonchev–Trinajstić information content (AvgIpc) is 2.54. The minimum absolute atomic E-state index is 0.181. The fourth-order valence-corrected chi connectivity index (χ4v) is 4.92. The first kappa shape index (κ1) is 20.0. The summed E-state index contributed by atoms with van der Waals surface area (Å²) >= 11 is 0. The average molecular weight is 366 g/mol. The summed E-state index contributed by atoms with van der Waals surface area (Å²) in [4.78, 5) is 12.2. The van der Waals surface area contributed by atoms with Crippen LogP contribution in [0.15, 0.2) is 30.3 Å². The van der Waals surface area contributed by atoms with Crippen molar-refractivity contribution in [3.8, 4) is 0 Å². The van der Waals surface area contributed by atoms with Crippen molar-refractivity contribution < 1.29 is 13.7 Å². The zero-order valence-corrected chi connectivity index (χ0v) is 16.4. The van der Waals surface area contributed by atoms with E-state index in [1.54, 1.807) is 0 Å². The molecule has 1 aromatic rings. The first-order valence-corrected chi connectivity index (χ1v) is 10.6. The lowest BCUT2D eigenvalue weighted by atomic mass is 10.0. The Kier molecular flexibility index (Phi) is 7.48. The molecule has 0 heterocycles. The Balaban J connectivity index is 2.00. The van der Waals surface area contributed by atoms with Gasteiger partial charge < -0.3 is 10.1 Å². The van der Waals surface area contributed by atoms with Crippen LogP contribution in [-0.4, -0.2) is 32.9 Å². The number of carbonyl (C=O) groups excluding carboxylic acids is 1. The molecule has 2 atom stereocenters. The van der Waals surface area contributed by atoms with E-state index < -0.39 is 22.5 Å². The van der Waals surface area contributed by atoms with Crippen molar-refractivity contribution >= 4 is 16.9 Å². The molecule has 0 bridgehead atoms. The Morgan fingerprint density at radius 3 is 2.44 bits per heavy atom. The van der Waals surface area contributed by atoms with Crippen molar-refractivity contribution in [3.05, 3.63) is 35.9 Å². The van der Waals surface area contributed by atoms with Crippen molar-refractivity contribution in [3.63, 3.8) is 0 Å². The highest BCUT2D eigenvalue weighted by atomic mass is 32.2. The molecule has 1 aliphatic rings. The Morgan fingerprint density at radius 2 is 1.84 bits per heavy atom. The number of rotatable bonds is 6. The Bertz CT molecular complexity index is 562. The van der Waals surface area contributed by atoms with E-state index in [2.05, 4.69) is 5.32 Å². The van der Waals surface area contributed by atoms with Gasteiger partial charge >= 0.3 is 6.09 Å². The fourth-order valence-electron chi connectivity index (χ4n) is 3.19. The molecule has 1 saturated carbocycles. The van der Waals surface area contributed by atoms with Crippen molar-refractivity contribution in [1.82, 2.24) is 5.32 Å². The molecule has 5 heteroatoms. The maximum absolute atomic E-state index is 12.8. The minimum atomic E-state index is -0.920. The third-order valence-electron chi connectivity index (χ3n) is 4.34. The molecule has 4 nitrogen and oxygen atoms in total. The summed E-state index contributed by atoms with van der Waals surface area (Å²) in [5.41, 5.74) is 0.591. The predicted octanol–water partition coefficient (Wildman–Crippen LogP) is 4.20. The monoisotopic (exact) mass is 365 g/mol. The van der Waals surface area contributed by atoms with Gasteiger partial charge in [0.25, 0.3) is 0 Å². The second kappa shape index (κ2) is 9.37. The maximum atomic E-state index is 12.8. The van der Waals surface area contributed by atoms with Crippen LogP contribution in [0.1, 0.15) is 58.4 Å². The van der Waals surface area contributed by atoms with Gasteiger partial charge in [-0.25, -0.2) is 4.79 Å². The number of hydrogen-bond donors (Lipinski definition) is 1. The number of ether oxygens (including phenoxy) is 1. The molecule has 1 amide bonds. The second-order valence-corrected chi connectivity index (χ2v) is 9.60.